The minimum atomic E-state index is -0.206. The summed E-state index contributed by atoms with van der Waals surface area (Å²) < 4.78 is 0. The molecular weight excluding hydrogens is 278 g/mol. The number of nitrogens with one attached hydrogen (secondary N) is 2. The molecule has 1 saturated carbocycles. The van der Waals surface area contributed by atoms with Crippen LogP contribution in [0.3, 0.4) is 0 Å². The Hall–Kier alpha value is -2.69. The molecule has 5 nitrogen and oxygen atoms in total. The summed E-state index contributed by atoms with van der Waals surface area (Å²) >= 11 is 0. The Balaban J connectivity index is 1.69. The lowest BCUT2D eigenvalue weighted by atomic mass is 10.2. The zero-order chi connectivity index (χ0) is 15.5. The van der Waals surface area contributed by atoms with E-state index in [0.717, 1.165) is 18.4 Å². The number of carbonyl (C=O) groups is 2. The number of hydrogen-bond donors (Lipinski definition) is 2. The summed E-state index contributed by atoms with van der Waals surface area (Å²) in [7, 11) is 0. The number of anilines is 2. The van der Waals surface area contributed by atoms with Gasteiger partial charge in [0.2, 0.25) is 5.91 Å². The minimum Gasteiger partial charge on any atom is -0.324 e. The second-order valence-electron chi connectivity index (χ2n) is 5.47. The number of aryl methyl sites for hydroxylation is 1. The fraction of sp³-hybridized carbons (Fsp3) is 0.235. The van der Waals surface area contributed by atoms with Crippen molar-refractivity contribution in [2.75, 3.05) is 10.6 Å². The number of pyridine rings is 1. The molecule has 0 atom stereocenters. The van der Waals surface area contributed by atoms with E-state index in [-0.39, 0.29) is 17.7 Å². The first kappa shape index (κ1) is 14.3. The van der Waals surface area contributed by atoms with E-state index in [1.807, 2.05) is 25.1 Å². The number of rotatable bonds is 4. The molecular formula is C17H17N3O2. The summed E-state index contributed by atoms with van der Waals surface area (Å²) in [6.07, 6.45) is 3.50. The number of carbonyl (C=O) groups excluding carboxylic acids is 2. The van der Waals surface area contributed by atoms with Gasteiger partial charge in [0.25, 0.3) is 5.91 Å². The van der Waals surface area contributed by atoms with Crippen LogP contribution in [0.15, 0.2) is 42.6 Å². The minimum absolute atomic E-state index is 0.0472. The molecule has 0 spiro atoms. The van der Waals surface area contributed by atoms with Gasteiger partial charge in [0.15, 0.2) is 0 Å². The molecule has 0 radical (unpaired) electrons. The van der Waals surface area contributed by atoms with Crippen molar-refractivity contribution in [1.82, 2.24) is 4.98 Å². The van der Waals surface area contributed by atoms with Crippen LogP contribution in [-0.4, -0.2) is 16.8 Å². The van der Waals surface area contributed by atoms with Crippen molar-refractivity contribution in [3.05, 3.63) is 53.7 Å². The van der Waals surface area contributed by atoms with Gasteiger partial charge in [0.1, 0.15) is 5.82 Å². The maximum Gasteiger partial charge on any atom is 0.256 e. The highest BCUT2D eigenvalue weighted by molar-refractivity contribution is 6.04. The van der Waals surface area contributed by atoms with Crippen LogP contribution in [0.2, 0.25) is 0 Å². The van der Waals surface area contributed by atoms with E-state index in [9.17, 15) is 9.59 Å². The lowest BCUT2D eigenvalue weighted by Gasteiger charge is -2.10. The predicted octanol–water partition coefficient (Wildman–Crippen LogP) is 2.99. The van der Waals surface area contributed by atoms with Crippen LogP contribution in [0.4, 0.5) is 11.5 Å². The van der Waals surface area contributed by atoms with Gasteiger partial charge in [0.05, 0.1) is 11.9 Å². The van der Waals surface area contributed by atoms with E-state index >= 15 is 0 Å². The predicted molar refractivity (Wildman–Crippen MR) is 84.7 cm³/mol. The zero-order valence-electron chi connectivity index (χ0n) is 12.3. The lowest BCUT2D eigenvalue weighted by Crippen LogP contribution is -2.16. The van der Waals surface area contributed by atoms with Crippen molar-refractivity contribution in [2.24, 2.45) is 5.92 Å². The largest absolute Gasteiger partial charge is 0.324 e. The van der Waals surface area contributed by atoms with Crippen molar-refractivity contribution in [3.63, 3.8) is 0 Å². The fourth-order valence-corrected chi connectivity index (χ4v) is 2.11. The Morgan fingerprint density at radius 1 is 1.14 bits per heavy atom. The van der Waals surface area contributed by atoms with Gasteiger partial charge < -0.3 is 10.6 Å². The Kier molecular flexibility index (Phi) is 3.87. The molecule has 1 aromatic heterocycles. The van der Waals surface area contributed by atoms with Crippen molar-refractivity contribution < 1.29 is 9.59 Å². The van der Waals surface area contributed by atoms with Crippen LogP contribution in [0, 0.1) is 12.8 Å². The van der Waals surface area contributed by atoms with Gasteiger partial charge >= 0.3 is 0 Å². The van der Waals surface area contributed by atoms with Gasteiger partial charge in [-0.05, 0) is 43.5 Å². The first-order valence-electron chi connectivity index (χ1n) is 7.27. The van der Waals surface area contributed by atoms with E-state index < -0.39 is 0 Å². The average molecular weight is 295 g/mol. The van der Waals surface area contributed by atoms with E-state index in [0.29, 0.717) is 17.1 Å². The van der Waals surface area contributed by atoms with Gasteiger partial charge in [0, 0.05) is 11.5 Å². The molecule has 2 N–H and O–H groups in total. The molecule has 3 rings (SSSR count). The van der Waals surface area contributed by atoms with E-state index in [1.54, 1.807) is 24.4 Å². The number of nitrogens with zero attached hydrogens (tertiary/aromatic N) is 1. The van der Waals surface area contributed by atoms with Crippen molar-refractivity contribution in [1.29, 1.82) is 0 Å². The Morgan fingerprint density at radius 2 is 1.86 bits per heavy atom. The van der Waals surface area contributed by atoms with Gasteiger partial charge in [-0.3, -0.25) is 9.59 Å². The number of hydrogen-bond acceptors (Lipinski definition) is 3. The molecule has 2 amide bonds. The number of aromatic nitrogens is 1. The topological polar surface area (TPSA) is 71.1 Å². The zero-order valence-corrected chi connectivity index (χ0v) is 12.3. The number of amides is 2. The summed E-state index contributed by atoms with van der Waals surface area (Å²) in [5.41, 5.74) is 2.13. The van der Waals surface area contributed by atoms with Gasteiger partial charge in [-0.25, -0.2) is 4.98 Å². The standard InChI is InChI=1S/C17H17N3O2/c1-11-9-15(20-17(22)12-5-3-2-4-6-12)18-10-14(11)19-16(21)13-7-8-13/h2-6,9-10,13H,7-8H2,1H3,(H,19,21)(H,18,20,22). The second-order valence-corrected chi connectivity index (χ2v) is 5.47. The maximum atomic E-state index is 12.1. The molecule has 0 saturated heterocycles. The van der Waals surface area contributed by atoms with Crippen molar-refractivity contribution in [2.45, 2.75) is 19.8 Å². The molecule has 1 aliphatic rings. The van der Waals surface area contributed by atoms with Gasteiger partial charge in [-0.15, -0.1) is 0 Å². The summed E-state index contributed by atoms with van der Waals surface area (Å²) in [5, 5.41) is 5.62. The average Bonchev–Trinajstić information content (AvgIpc) is 3.35. The monoisotopic (exact) mass is 295 g/mol. The van der Waals surface area contributed by atoms with Crippen LogP contribution in [-0.2, 0) is 4.79 Å². The highest BCUT2D eigenvalue weighted by atomic mass is 16.2. The smallest absolute Gasteiger partial charge is 0.256 e. The van der Waals surface area contributed by atoms with Crippen LogP contribution in [0.25, 0.3) is 0 Å². The molecule has 0 aliphatic heterocycles. The lowest BCUT2D eigenvalue weighted by molar-refractivity contribution is -0.117. The molecule has 0 unspecified atom stereocenters. The van der Waals surface area contributed by atoms with Crippen LogP contribution in [0.1, 0.15) is 28.8 Å². The number of benzene rings is 1. The van der Waals surface area contributed by atoms with Crippen LogP contribution < -0.4 is 10.6 Å². The van der Waals surface area contributed by atoms with E-state index in [2.05, 4.69) is 15.6 Å². The summed E-state index contributed by atoms with van der Waals surface area (Å²) in [6.45, 7) is 1.88. The molecule has 2 aromatic rings. The van der Waals surface area contributed by atoms with Crippen molar-refractivity contribution >= 4 is 23.3 Å². The van der Waals surface area contributed by atoms with E-state index in [1.165, 1.54) is 0 Å². The summed E-state index contributed by atoms with van der Waals surface area (Å²) in [6, 6.07) is 10.7. The Labute approximate surface area is 128 Å². The Morgan fingerprint density at radius 3 is 2.50 bits per heavy atom. The first-order chi connectivity index (χ1) is 10.6. The second kappa shape index (κ2) is 5.97. The Bertz CT molecular complexity index is 709. The molecule has 112 valence electrons. The summed E-state index contributed by atoms with van der Waals surface area (Å²) in [4.78, 5) is 28.0. The molecule has 1 aromatic carbocycles. The third kappa shape index (κ3) is 3.31. The molecule has 1 fully saturated rings. The van der Waals surface area contributed by atoms with Gasteiger partial charge in [-0.1, -0.05) is 18.2 Å². The quantitative estimate of drug-likeness (QED) is 0.911. The SMILES string of the molecule is Cc1cc(NC(=O)c2ccccc2)ncc1NC(=O)C1CC1. The van der Waals surface area contributed by atoms with Crippen molar-refractivity contribution in [3.8, 4) is 0 Å². The maximum absolute atomic E-state index is 12.1. The molecule has 1 heterocycles. The molecule has 0 bridgehead atoms. The first-order valence-corrected chi connectivity index (χ1v) is 7.27. The van der Waals surface area contributed by atoms with Gasteiger partial charge in [-0.2, -0.15) is 0 Å². The van der Waals surface area contributed by atoms with E-state index in [4.69, 9.17) is 0 Å². The normalized spacial score (nSPS) is 13.5. The molecule has 1 aliphatic carbocycles. The van der Waals surface area contributed by atoms with Crippen LogP contribution in [0.5, 0.6) is 0 Å². The summed E-state index contributed by atoms with van der Waals surface area (Å²) in [5.74, 6) is 0.459. The molecule has 5 heteroatoms. The van der Waals surface area contributed by atoms with Crippen LogP contribution >= 0.6 is 0 Å². The third-order valence-corrected chi connectivity index (χ3v) is 3.59. The third-order valence-electron chi connectivity index (χ3n) is 3.59. The molecule has 22 heavy (non-hydrogen) atoms. The highest BCUT2D eigenvalue weighted by Crippen LogP contribution is 2.30. The fourth-order valence-electron chi connectivity index (χ4n) is 2.11. The highest BCUT2D eigenvalue weighted by Gasteiger charge is 2.29.